The molecule has 0 fully saturated rings. The van der Waals surface area contributed by atoms with Crippen molar-refractivity contribution in [1.82, 2.24) is 0 Å². The van der Waals surface area contributed by atoms with Crippen LogP contribution in [0, 0.1) is 11.3 Å². The molecule has 0 amide bonds. The summed E-state index contributed by atoms with van der Waals surface area (Å²) in [6, 6.07) is 0. The zero-order valence-electron chi connectivity index (χ0n) is 14.0. The molecule has 0 aromatic carbocycles. The first-order chi connectivity index (χ1) is 9.31. The average Bonchev–Trinajstić information content (AvgIpc) is 2.31. The summed E-state index contributed by atoms with van der Waals surface area (Å²) >= 11 is 0. The predicted molar refractivity (Wildman–Crippen MR) is 80.8 cm³/mol. The lowest BCUT2D eigenvalue weighted by atomic mass is 9.75. The fraction of sp³-hybridized carbons (Fsp3) is 0.875. The quantitative estimate of drug-likeness (QED) is 0.631. The van der Waals surface area contributed by atoms with Gasteiger partial charge in [0.25, 0.3) is 0 Å². The summed E-state index contributed by atoms with van der Waals surface area (Å²) in [5.41, 5.74) is -2.58. The van der Waals surface area contributed by atoms with Crippen LogP contribution >= 0.6 is 0 Å². The molecule has 0 aromatic rings. The van der Waals surface area contributed by atoms with Crippen LogP contribution in [0.5, 0.6) is 0 Å². The van der Waals surface area contributed by atoms with E-state index in [1.54, 1.807) is 34.6 Å². The second-order valence-electron chi connectivity index (χ2n) is 7.33. The number of ketones is 2. The van der Waals surface area contributed by atoms with Gasteiger partial charge in [0.1, 0.15) is 11.4 Å². The van der Waals surface area contributed by atoms with Crippen molar-refractivity contribution in [2.24, 2.45) is 11.3 Å². The van der Waals surface area contributed by atoms with Crippen LogP contribution in [0.2, 0.25) is 0 Å². The lowest BCUT2D eigenvalue weighted by Gasteiger charge is -2.33. The maximum absolute atomic E-state index is 12.4. The zero-order valence-corrected chi connectivity index (χ0v) is 14.0. The van der Waals surface area contributed by atoms with E-state index in [0.29, 0.717) is 0 Å². The highest BCUT2D eigenvalue weighted by atomic mass is 16.3. The lowest BCUT2D eigenvalue weighted by molar-refractivity contribution is -0.151. The minimum absolute atomic E-state index is 0.0480. The number of carbonyl (C=O) groups excluding carboxylic acids is 2. The number of carbonyl (C=O) groups is 2. The van der Waals surface area contributed by atoms with Crippen molar-refractivity contribution >= 4 is 11.6 Å². The smallest absolute Gasteiger partial charge is 0.170 e. The maximum Gasteiger partial charge on any atom is 0.170 e. The number of rotatable bonds is 8. The Morgan fingerprint density at radius 3 is 1.90 bits per heavy atom. The topological polar surface area (TPSA) is 94.8 Å². The molecule has 0 spiro atoms. The van der Waals surface area contributed by atoms with Gasteiger partial charge in [-0.25, -0.2) is 0 Å². The Kier molecular flexibility index (Phi) is 7.20. The second kappa shape index (κ2) is 7.47. The first kappa shape index (κ1) is 20.2. The molecule has 0 bridgehead atoms. The Hall–Kier alpha value is -0.780. The van der Waals surface area contributed by atoms with E-state index >= 15 is 0 Å². The first-order valence-electron chi connectivity index (χ1n) is 7.44. The van der Waals surface area contributed by atoms with Gasteiger partial charge in [0.05, 0.1) is 12.2 Å². The second-order valence-corrected chi connectivity index (χ2v) is 7.33. The van der Waals surface area contributed by atoms with Crippen molar-refractivity contribution in [3.8, 4) is 0 Å². The molecule has 124 valence electrons. The van der Waals surface area contributed by atoms with Crippen LogP contribution in [-0.2, 0) is 9.59 Å². The summed E-state index contributed by atoms with van der Waals surface area (Å²) in [7, 11) is 0. The summed E-state index contributed by atoms with van der Waals surface area (Å²) in [5, 5.41) is 30.3. The third kappa shape index (κ3) is 6.24. The van der Waals surface area contributed by atoms with Crippen LogP contribution in [0.25, 0.3) is 0 Å². The van der Waals surface area contributed by atoms with Gasteiger partial charge in [0.2, 0.25) is 0 Å². The maximum atomic E-state index is 12.4. The van der Waals surface area contributed by atoms with Crippen LogP contribution < -0.4 is 0 Å². The van der Waals surface area contributed by atoms with Crippen molar-refractivity contribution in [1.29, 1.82) is 0 Å². The number of aliphatic hydroxyl groups excluding tert-OH is 2. The van der Waals surface area contributed by atoms with Crippen LogP contribution in [0.3, 0.4) is 0 Å². The van der Waals surface area contributed by atoms with Gasteiger partial charge in [0.15, 0.2) is 5.78 Å². The molecule has 0 saturated heterocycles. The minimum atomic E-state index is -1.79. The largest absolute Gasteiger partial charge is 0.390 e. The molecular weight excluding hydrogens is 272 g/mol. The van der Waals surface area contributed by atoms with Gasteiger partial charge >= 0.3 is 0 Å². The van der Waals surface area contributed by atoms with Crippen molar-refractivity contribution in [3.05, 3.63) is 0 Å². The summed E-state index contributed by atoms with van der Waals surface area (Å²) in [4.78, 5) is 23.7. The number of aliphatic hydroxyl groups is 3. The van der Waals surface area contributed by atoms with Crippen LogP contribution in [0.1, 0.15) is 60.8 Å². The molecule has 0 heterocycles. The van der Waals surface area contributed by atoms with Crippen LogP contribution in [-0.4, -0.2) is 44.7 Å². The van der Waals surface area contributed by atoms with E-state index in [1.165, 1.54) is 6.92 Å². The highest BCUT2D eigenvalue weighted by Gasteiger charge is 2.43. The van der Waals surface area contributed by atoms with Gasteiger partial charge < -0.3 is 15.3 Å². The van der Waals surface area contributed by atoms with Gasteiger partial charge in [-0.2, -0.15) is 0 Å². The monoisotopic (exact) mass is 302 g/mol. The highest BCUT2D eigenvalue weighted by Crippen LogP contribution is 2.30. The van der Waals surface area contributed by atoms with E-state index in [-0.39, 0.29) is 31.0 Å². The highest BCUT2D eigenvalue weighted by molar-refractivity contribution is 5.95. The normalized spacial score (nSPS) is 18.2. The summed E-state index contributed by atoms with van der Waals surface area (Å²) in [6.45, 7) is 9.91. The molecule has 0 aliphatic heterocycles. The van der Waals surface area contributed by atoms with E-state index in [0.717, 1.165) is 0 Å². The Bertz CT molecular complexity index is 369. The van der Waals surface area contributed by atoms with E-state index in [9.17, 15) is 24.9 Å². The molecule has 5 heteroatoms. The molecule has 3 atom stereocenters. The Morgan fingerprint density at radius 2 is 1.57 bits per heavy atom. The lowest BCUT2D eigenvalue weighted by Crippen LogP contribution is -2.47. The third-order valence-electron chi connectivity index (χ3n) is 3.58. The first-order valence-corrected chi connectivity index (χ1v) is 7.44. The van der Waals surface area contributed by atoms with E-state index < -0.39 is 29.0 Å². The van der Waals surface area contributed by atoms with Gasteiger partial charge in [-0.3, -0.25) is 9.59 Å². The third-order valence-corrected chi connectivity index (χ3v) is 3.58. The van der Waals surface area contributed by atoms with E-state index in [1.807, 2.05) is 0 Å². The van der Waals surface area contributed by atoms with Gasteiger partial charge in [0, 0.05) is 11.8 Å². The number of hydrogen-bond donors (Lipinski definition) is 3. The fourth-order valence-corrected chi connectivity index (χ4v) is 2.39. The SMILES string of the molecule is CC(=O)CC(O)(CC[C@H](O)[C@@H](O)C(C)C)C(=O)C(C)(C)C. The standard InChI is InChI=1S/C16H30O5/c1-10(2)13(19)12(18)7-8-16(21,9-11(3)17)14(20)15(4,5)6/h10,12-13,18-19,21H,7-9H2,1-6H3/t12-,13-,16?/m0/s1. The number of hydrogen-bond acceptors (Lipinski definition) is 5. The Morgan fingerprint density at radius 1 is 1.10 bits per heavy atom. The molecule has 3 N–H and O–H groups in total. The van der Waals surface area contributed by atoms with Gasteiger partial charge in [-0.05, 0) is 25.7 Å². The minimum Gasteiger partial charge on any atom is -0.390 e. The molecular formula is C16H30O5. The molecule has 5 nitrogen and oxygen atoms in total. The predicted octanol–water partition coefficient (Wildman–Crippen LogP) is 1.47. The van der Waals surface area contributed by atoms with E-state index in [4.69, 9.17) is 0 Å². The molecule has 21 heavy (non-hydrogen) atoms. The molecule has 0 aliphatic carbocycles. The summed E-state index contributed by atoms with van der Waals surface area (Å²) < 4.78 is 0. The van der Waals surface area contributed by atoms with Gasteiger partial charge in [-0.1, -0.05) is 34.6 Å². The molecule has 0 aliphatic rings. The van der Waals surface area contributed by atoms with Crippen molar-refractivity contribution in [3.63, 3.8) is 0 Å². The Balaban J connectivity index is 5.02. The summed E-state index contributed by atoms with van der Waals surface area (Å²) in [6.07, 6.45) is -2.21. The summed E-state index contributed by atoms with van der Waals surface area (Å²) in [5.74, 6) is -0.829. The Labute approximate surface area is 127 Å². The van der Waals surface area contributed by atoms with Crippen molar-refractivity contribution < 1.29 is 24.9 Å². The molecule has 1 unspecified atom stereocenters. The molecule has 0 radical (unpaired) electrons. The van der Waals surface area contributed by atoms with Crippen LogP contribution in [0.4, 0.5) is 0 Å². The number of Topliss-reactive ketones (excluding diaryl/α,β-unsaturated/α-hetero) is 2. The average molecular weight is 302 g/mol. The molecule has 0 aromatic heterocycles. The van der Waals surface area contributed by atoms with Crippen molar-refractivity contribution in [2.45, 2.75) is 78.6 Å². The zero-order chi connectivity index (χ0) is 17.0. The van der Waals surface area contributed by atoms with Crippen molar-refractivity contribution in [2.75, 3.05) is 0 Å². The van der Waals surface area contributed by atoms with E-state index in [2.05, 4.69) is 0 Å². The fourth-order valence-electron chi connectivity index (χ4n) is 2.39. The van der Waals surface area contributed by atoms with Gasteiger partial charge in [-0.15, -0.1) is 0 Å². The molecule has 0 saturated carbocycles. The van der Waals surface area contributed by atoms with Crippen LogP contribution in [0.15, 0.2) is 0 Å². The molecule has 0 rings (SSSR count).